The van der Waals surface area contributed by atoms with Gasteiger partial charge in [0.25, 0.3) is 6.85 Å². The fourth-order valence-electron chi connectivity index (χ4n) is 2.01. The van der Waals surface area contributed by atoms with Crippen LogP contribution < -0.4 is 0 Å². The summed E-state index contributed by atoms with van der Waals surface area (Å²) in [6, 6.07) is 0. The second-order valence-corrected chi connectivity index (χ2v) is 3.74. The van der Waals surface area contributed by atoms with Gasteiger partial charge in [-0.15, -0.1) is 0 Å². The summed E-state index contributed by atoms with van der Waals surface area (Å²) in [5.74, 6) is 4.57. The molecule has 0 saturated carbocycles. The van der Waals surface area contributed by atoms with Crippen molar-refractivity contribution in [3.05, 3.63) is 36.3 Å². The van der Waals surface area contributed by atoms with Crippen LogP contribution in [-0.4, -0.2) is 24.7 Å². The van der Waals surface area contributed by atoms with Gasteiger partial charge >= 0.3 is 0 Å². The van der Waals surface area contributed by atoms with Crippen LogP contribution >= 0.6 is 0 Å². The van der Waals surface area contributed by atoms with Gasteiger partial charge in [0.2, 0.25) is 0 Å². The van der Waals surface area contributed by atoms with E-state index in [2.05, 4.69) is 41.1 Å². The summed E-state index contributed by atoms with van der Waals surface area (Å²) in [4.78, 5) is 2.56. The van der Waals surface area contributed by atoms with E-state index < -0.39 is 0 Å². The molecule has 0 unspecified atom stereocenters. The quantitative estimate of drug-likeness (QED) is 0.549. The normalized spacial score (nSPS) is 23.5. The van der Waals surface area contributed by atoms with E-state index in [0.29, 0.717) is 6.85 Å². The van der Waals surface area contributed by atoms with E-state index in [1.165, 1.54) is 32.4 Å². The highest BCUT2D eigenvalue weighted by Gasteiger charge is 2.19. The SMILES string of the molecule is C1=CC=CB(N2CCCCC2)C=C1. The van der Waals surface area contributed by atoms with Crippen LogP contribution in [0.2, 0.25) is 0 Å². The lowest BCUT2D eigenvalue weighted by Crippen LogP contribution is -2.40. The van der Waals surface area contributed by atoms with E-state index in [1.54, 1.807) is 0 Å². The maximum absolute atomic E-state index is 2.56. The average molecular weight is 173 g/mol. The summed E-state index contributed by atoms with van der Waals surface area (Å²) in [6.07, 6.45) is 12.6. The molecule has 2 rings (SSSR count). The molecule has 1 nitrogen and oxygen atoms in total. The van der Waals surface area contributed by atoms with Crippen molar-refractivity contribution >= 4 is 6.85 Å². The highest BCUT2D eigenvalue weighted by molar-refractivity contribution is 6.66. The molecule has 1 saturated heterocycles. The van der Waals surface area contributed by atoms with Crippen LogP contribution in [0, 0.1) is 0 Å². The molecule has 13 heavy (non-hydrogen) atoms. The Morgan fingerprint density at radius 2 is 1.38 bits per heavy atom. The summed E-state index contributed by atoms with van der Waals surface area (Å²) in [7, 11) is 0. The van der Waals surface area contributed by atoms with Crippen molar-refractivity contribution in [2.45, 2.75) is 19.3 Å². The lowest BCUT2D eigenvalue weighted by molar-refractivity contribution is 0.357. The predicted molar refractivity (Wildman–Crippen MR) is 58.6 cm³/mol. The largest absolute Gasteiger partial charge is 0.335 e. The first-order valence-electron chi connectivity index (χ1n) is 5.22. The van der Waals surface area contributed by atoms with Gasteiger partial charge in [0, 0.05) is 0 Å². The van der Waals surface area contributed by atoms with E-state index >= 15 is 0 Å². The van der Waals surface area contributed by atoms with Crippen LogP contribution in [0.4, 0.5) is 0 Å². The number of nitrogens with zero attached hydrogens (tertiary/aromatic N) is 1. The number of piperidine rings is 1. The first-order valence-corrected chi connectivity index (χ1v) is 5.22. The van der Waals surface area contributed by atoms with Crippen molar-refractivity contribution in [3.63, 3.8) is 0 Å². The van der Waals surface area contributed by atoms with E-state index in [4.69, 9.17) is 0 Å². The van der Waals surface area contributed by atoms with Crippen molar-refractivity contribution in [2.75, 3.05) is 13.1 Å². The number of rotatable bonds is 1. The molecule has 0 amide bonds. The van der Waals surface area contributed by atoms with Crippen molar-refractivity contribution in [3.8, 4) is 0 Å². The Hall–Kier alpha value is -0.755. The molecule has 2 heterocycles. The van der Waals surface area contributed by atoms with Gasteiger partial charge in [-0.2, -0.15) is 0 Å². The minimum atomic E-state index is 0.537. The molecule has 0 aromatic rings. The summed E-state index contributed by atoms with van der Waals surface area (Å²) >= 11 is 0. The molecule has 0 radical (unpaired) electrons. The molecule has 2 heteroatoms. The van der Waals surface area contributed by atoms with Gasteiger partial charge in [0.1, 0.15) is 0 Å². The van der Waals surface area contributed by atoms with Crippen molar-refractivity contribution < 1.29 is 0 Å². The Morgan fingerprint density at radius 1 is 0.769 bits per heavy atom. The van der Waals surface area contributed by atoms with E-state index in [1.807, 2.05) is 0 Å². The van der Waals surface area contributed by atoms with Gasteiger partial charge in [-0.1, -0.05) is 42.7 Å². The smallest absolute Gasteiger partial charge is 0.277 e. The van der Waals surface area contributed by atoms with E-state index in [-0.39, 0.29) is 0 Å². The van der Waals surface area contributed by atoms with Crippen molar-refractivity contribution in [1.29, 1.82) is 0 Å². The molecular formula is C11H16BN. The maximum atomic E-state index is 2.56. The fourth-order valence-corrected chi connectivity index (χ4v) is 2.01. The van der Waals surface area contributed by atoms with Gasteiger partial charge in [-0.3, -0.25) is 0 Å². The van der Waals surface area contributed by atoms with Gasteiger partial charge in [0.15, 0.2) is 0 Å². The molecule has 1 fully saturated rings. The minimum Gasteiger partial charge on any atom is -0.335 e. The molecule has 0 aromatic heterocycles. The maximum Gasteiger partial charge on any atom is 0.277 e. The Bertz CT molecular complexity index is 220. The number of allylic oxidation sites excluding steroid dienone is 4. The zero-order chi connectivity index (χ0) is 8.93. The van der Waals surface area contributed by atoms with Gasteiger partial charge < -0.3 is 4.81 Å². The molecule has 0 spiro atoms. The Labute approximate surface area is 80.9 Å². The third kappa shape index (κ3) is 2.34. The summed E-state index contributed by atoms with van der Waals surface area (Å²) < 4.78 is 0. The van der Waals surface area contributed by atoms with Gasteiger partial charge in [-0.25, -0.2) is 0 Å². The Morgan fingerprint density at radius 3 is 2.00 bits per heavy atom. The molecule has 2 aliphatic rings. The van der Waals surface area contributed by atoms with Gasteiger partial charge in [0.05, 0.1) is 0 Å². The first-order chi connectivity index (χ1) is 6.47. The van der Waals surface area contributed by atoms with Crippen molar-refractivity contribution in [2.24, 2.45) is 0 Å². The predicted octanol–water partition coefficient (Wildman–Crippen LogP) is 2.22. The van der Waals surface area contributed by atoms with Crippen LogP contribution in [0.5, 0.6) is 0 Å². The number of hydrogen-bond acceptors (Lipinski definition) is 1. The standard InChI is InChI=1S/C11H16BN/c1-2-5-9-12(8-4-1)13-10-6-3-7-11-13/h1-2,4-5,8-9H,3,6-7,10-11H2. The Balaban J connectivity index is 1.98. The topological polar surface area (TPSA) is 3.24 Å². The van der Waals surface area contributed by atoms with Crippen molar-refractivity contribution in [1.82, 2.24) is 4.81 Å². The van der Waals surface area contributed by atoms with Crippen LogP contribution in [-0.2, 0) is 0 Å². The molecule has 0 N–H and O–H groups in total. The second-order valence-electron chi connectivity index (χ2n) is 3.74. The third-order valence-corrected chi connectivity index (χ3v) is 2.76. The van der Waals surface area contributed by atoms with Crippen LogP contribution in [0.1, 0.15) is 19.3 Å². The van der Waals surface area contributed by atoms with Crippen LogP contribution in [0.15, 0.2) is 36.3 Å². The number of hydrogen-bond donors (Lipinski definition) is 0. The molecule has 2 aliphatic heterocycles. The van der Waals surface area contributed by atoms with E-state index in [0.717, 1.165) is 0 Å². The molecule has 68 valence electrons. The highest BCUT2D eigenvalue weighted by atomic mass is 15.1. The first kappa shape index (κ1) is 8.83. The minimum absolute atomic E-state index is 0.537. The van der Waals surface area contributed by atoms with E-state index in [9.17, 15) is 0 Å². The fraction of sp³-hybridized carbons (Fsp3) is 0.455. The monoisotopic (exact) mass is 173 g/mol. The lowest BCUT2D eigenvalue weighted by atomic mass is 9.59. The lowest BCUT2D eigenvalue weighted by Gasteiger charge is -2.29. The summed E-state index contributed by atoms with van der Waals surface area (Å²) in [5.41, 5.74) is 0. The highest BCUT2D eigenvalue weighted by Crippen LogP contribution is 2.12. The summed E-state index contributed by atoms with van der Waals surface area (Å²) in [6.45, 7) is 3.06. The molecular weight excluding hydrogens is 157 g/mol. The molecule has 0 bridgehead atoms. The molecule has 0 atom stereocenters. The zero-order valence-corrected chi connectivity index (χ0v) is 8.02. The molecule has 0 aromatic carbocycles. The zero-order valence-electron chi connectivity index (χ0n) is 8.02. The second kappa shape index (κ2) is 4.47. The van der Waals surface area contributed by atoms with Gasteiger partial charge in [-0.05, 0) is 25.9 Å². The van der Waals surface area contributed by atoms with Crippen LogP contribution in [0.25, 0.3) is 0 Å². The van der Waals surface area contributed by atoms with Crippen LogP contribution in [0.3, 0.4) is 0 Å². The summed E-state index contributed by atoms with van der Waals surface area (Å²) in [5, 5.41) is 0. The molecule has 0 aliphatic carbocycles. The average Bonchev–Trinajstić information content (AvgIpc) is 2.47. The third-order valence-electron chi connectivity index (χ3n) is 2.76. The Kier molecular flexibility index (Phi) is 3.04.